The van der Waals surface area contributed by atoms with Gasteiger partial charge >= 0.3 is 0 Å². The van der Waals surface area contributed by atoms with E-state index in [1.54, 1.807) is 0 Å². The van der Waals surface area contributed by atoms with Gasteiger partial charge in [-0.3, -0.25) is 4.79 Å². The van der Waals surface area contributed by atoms with Crippen LogP contribution < -0.4 is 5.32 Å². The molecule has 1 N–H and O–H groups in total. The molecule has 0 unspecified atom stereocenters. The third kappa shape index (κ3) is 2.51. The van der Waals surface area contributed by atoms with Crippen molar-refractivity contribution in [2.24, 2.45) is 0 Å². The fraction of sp³-hybridized carbons (Fsp3) is 0.385. The summed E-state index contributed by atoms with van der Waals surface area (Å²) in [7, 11) is 0. The maximum atomic E-state index is 11.8. The van der Waals surface area contributed by atoms with Crippen LogP contribution in [0.1, 0.15) is 12.3 Å². The summed E-state index contributed by atoms with van der Waals surface area (Å²) in [4.78, 5) is 16.1. The Bertz CT molecular complexity index is 528. The lowest BCUT2D eigenvalue weighted by molar-refractivity contribution is -0.121. The molecule has 1 aliphatic rings. The van der Waals surface area contributed by atoms with E-state index in [9.17, 15) is 4.79 Å². The molecule has 2 heterocycles. The SMILES string of the molecule is O=C(Cc1nc2ccccc2o1)N[C@@H]1CCSC1. The zero-order chi connectivity index (χ0) is 12.4. The number of rotatable bonds is 3. The van der Waals surface area contributed by atoms with Crippen LogP contribution in [0.3, 0.4) is 0 Å². The van der Waals surface area contributed by atoms with Crippen molar-refractivity contribution in [2.75, 3.05) is 11.5 Å². The van der Waals surface area contributed by atoms with Crippen molar-refractivity contribution in [1.29, 1.82) is 0 Å². The van der Waals surface area contributed by atoms with Crippen LogP contribution in [0, 0.1) is 0 Å². The molecule has 94 valence electrons. The lowest BCUT2D eigenvalue weighted by Gasteiger charge is -2.09. The predicted molar refractivity (Wildman–Crippen MR) is 71.6 cm³/mol. The van der Waals surface area contributed by atoms with Gasteiger partial charge in [0.2, 0.25) is 11.8 Å². The first kappa shape index (κ1) is 11.6. The van der Waals surface area contributed by atoms with Crippen molar-refractivity contribution >= 4 is 28.8 Å². The maximum absolute atomic E-state index is 11.8. The molecule has 0 radical (unpaired) electrons. The van der Waals surface area contributed by atoms with E-state index < -0.39 is 0 Å². The molecule has 1 amide bonds. The van der Waals surface area contributed by atoms with Crippen molar-refractivity contribution < 1.29 is 9.21 Å². The quantitative estimate of drug-likeness (QED) is 0.919. The number of fused-ring (bicyclic) bond motifs is 1. The standard InChI is InChI=1S/C13H14N2O2S/c16-12(14-9-5-6-18-8-9)7-13-15-10-3-1-2-4-11(10)17-13/h1-4,9H,5-8H2,(H,14,16)/t9-/m1/s1. The zero-order valence-electron chi connectivity index (χ0n) is 9.89. The van der Waals surface area contributed by atoms with Gasteiger partial charge < -0.3 is 9.73 Å². The van der Waals surface area contributed by atoms with Crippen LogP contribution in [-0.4, -0.2) is 28.4 Å². The van der Waals surface area contributed by atoms with Crippen LogP contribution >= 0.6 is 11.8 Å². The number of nitrogens with zero attached hydrogens (tertiary/aromatic N) is 1. The summed E-state index contributed by atoms with van der Waals surface area (Å²) in [5, 5.41) is 3.01. The van der Waals surface area contributed by atoms with Gasteiger partial charge in [-0.25, -0.2) is 4.98 Å². The minimum atomic E-state index is -0.00550. The molecule has 1 aliphatic heterocycles. The summed E-state index contributed by atoms with van der Waals surface area (Å²) in [5.74, 6) is 2.63. The molecule has 3 rings (SSSR count). The van der Waals surface area contributed by atoms with Gasteiger partial charge in [-0.1, -0.05) is 12.1 Å². The number of hydrogen-bond acceptors (Lipinski definition) is 4. The molecule has 1 atom stereocenters. The summed E-state index contributed by atoms with van der Waals surface area (Å²) in [6.07, 6.45) is 1.28. The molecule has 1 aromatic heterocycles. The number of carbonyl (C=O) groups excluding carboxylic acids is 1. The van der Waals surface area contributed by atoms with Crippen molar-refractivity contribution in [3.05, 3.63) is 30.2 Å². The molecule has 5 heteroatoms. The van der Waals surface area contributed by atoms with Crippen LogP contribution in [0.2, 0.25) is 0 Å². The van der Waals surface area contributed by atoms with Crippen molar-refractivity contribution in [2.45, 2.75) is 18.9 Å². The highest BCUT2D eigenvalue weighted by atomic mass is 32.2. The summed E-state index contributed by atoms with van der Waals surface area (Å²) in [5.41, 5.74) is 1.54. The predicted octanol–water partition coefficient (Wildman–Crippen LogP) is 1.99. The number of aromatic nitrogens is 1. The molecule has 0 bridgehead atoms. The molecule has 1 saturated heterocycles. The Hall–Kier alpha value is -1.49. The molecule has 2 aromatic rings. The minimum Gasteiger partial charge on any atom is -0.440 e. The van der Waals surface area contributed by atoms with Crippen molar-refractivity contribution in [3.63, 3.8) is 0 Å². The number of para-hydroxylation sites is 2. The Kier molecular flexibility index (Phi) is 3.23. The van der Waals surface area contributed by atoms with E-state index in [4.69, 9.17) is 4.42 Å². The van der Waals surface area contributed by atoms with E-state index in [1.165, 1.54) is 0 Å². The Morgan fingerprint density at radius 2 is 2.39 bits per heavy atom. The van der Waals surface area contributed by atoms with Crippen molar-refractivity contribution in [1.82, 2.24) is 10.3 Å². The van der Waals surface area contributed by atoms with Gasteiger partial charge in [0.05, 0.1) is 0 Å². The van der Waals surface area contributed by atoms with Crippen LogP contribution in [0.15, 0.2) is 28.7 Å². The third-order valence-corrected chi connectivity index (χ3v) is 4.11. The molecule has 1 aromatic carbocycles. The van der Waals surface area contributed by atoms with Gasteiger partial charge in [-0.15, -0.1) is 0 Å². The second-order valence-electron chi connectivity index (χ2n) is 4.38. The largest absolute Gasteiger partial charge is 0.440 e. The number of nitrogens with one attached hydrogen (secondary N) is 1. The first-order valence-corrected chi connectivity index (χ1v) is 7.18. The summed E-state index contributed by atoms with van der Waals surface area (Å²) in [6.45, 7) is 0. The van der Waals surface area contributed by atoms with E-state index in [0.717, 1.165) is 29.0 Å². The van der Waals surface area contributed by atoms with E-state index in [0.29, 0.717) is 11.9 Å². The van der Waals surface area contributed by atoms with Gasteiger partial charge in [0.15, 0.2) is 5.58 Å². The average Bonchev–Trinajstić information content (AvgIpc) is 2.96. The normalized spacial score (nSPS) is 19.2. The summed E-state index contributed by atoms with van der Waals surface area (Å²) < 4.78 is 5.53. The molecular formula is C13H14N2O2S. The minimum absolute atomic E-state index is 0.00550. The number of thioether (sulfide) groups is 1. The summed E-state index contributed by atoms with van der Waals surface area (Å²) >= 11 is 1.88. The molecule has 4 nitrogen and oxygen atoms in total. The number of carbonyl (C=O) groups is 1. The van der Waals surface area contributed by atoms with E-state index in [-0.39, 0.29) is 12.3 Å². The monoisotopic (exact) mass is 262 g/mol. The second-order valence-corrected chi connectivity index (χ2v) is 5.53. The van der Waals surface area contributed by atoms with Gasteiger partial charge in [0.1, 0.15) is 11.9 Å². The Morgan fingerprint density at radius 3 is 3.17 bits per heavy atom. The Balaban J connectivity index is 1.66. The highest BCUT2D eigenvalue weighted by molar-refractivity contribution is 7.99. The number of oxazole rings is 1. The molecule has 1 fully saturated rings. The lowest BCUT2D eigenvalue weighted by atomic mass is 10.2. The highest BCUT2D eigenvalue weighted by Crippen LogP contribution is 2.18. The van der Waals surface area contributed by atoms with Crippen LogP contribution in [-0.2, 0) is 11.2 Å². The molecular weight excluding hydrogens is 248 g/mol. The molecule has 0 aliphatic carbocycles. The van der Waals surface area contributed by atoms with Crippen LogP contribution in [0.25, 0.3) is 11.1 Å². The molecule has 0 spiro atoms. The van der Waals surface area contributed by atoms with Gasteiger partial charge in [-0.05, 0) is 24.3 Å². The average molecular weight is 262 g/mol. The Labute approximate surface area is 109 Å². The van der Waals surface area contributed by atoms with Gasteiger partial charge in [-0.2, -0.15) is 11.8 Å². The van der Waals surface area contributed by atoms with Crippen LogP contribution in [0.4, 0.5) is 0 Å². The summed E-state index contributed by atoms with van der Waals surface area (Å²) in [6, 6.07) is 7.86. The topological polar surface area (TPSA) is 55.1 Å². The van der Waals surface area contributed by atoms with Gasteiger partial charge in [0.25, 0.3) is 0 Å². The first-order chi connectivity index (χ1) is 8.81. The zero-order valence-corrected chi connectivity index (χ0v) is 10.7. The molecule has 0 saturated carbocycles. The van der Waals surface area contributed by atoms with E-state index >= 15 is 0 Å². The van der Waals surface area contributed by atoms with Crippen molar-refractivity contribution in [3.8, 4) is 0 Å². The van der Waals surface area contributed by atoms with E-state index in [1.807, 2.05) is 36.0 Å². The Morgan fingerprint density at radius 1 is 1.50 bits per heavy atom. The highest BCUT2D eigenvalue weighted by Gasteiger charge is 2.18. The van der Waals surface area contributed by atoms with Gasteiger partial charge in [0, 0.05) is 11.8 Å². The third-order valence-electron chi connectivity index (χ3n) is 2.94. The number of benzene rings is 1. The van der Waals surface area contributed by atoms with E-state index in [2.05, 4.69) is 10.3 Å². The fourth-order valence-corrected chi connectivity index (χ4v) is 3.21. The number of hydrogen-bond donors (Lipinski definition) is 1. The maximum Gasteiger partial charge on any atom is 0.229 e. The van der Waals surface area contributed by atoms with Crippen LogP contribution in [0.5, 0.6) is 0 Å². The lowest BCUT2D eigenvalue weighted by Crippen LogP contribution is -2.35. The number of amides is 1. The second kappa shape index (κ2) is 5.02. The molecule has 18 heavy (non-hydrogen) atoms. The first-order valence-electron chi connectivity index (χ1n) is 6.03. The fourth-order valence-electron chi connectivity index (χ4n) is 2.06. The smallest absolute Gasteiger partial charge is 0.229 e.